The Balaban J connectivity index is 1.94. The van der Waals surface area contributed by atoms with Crippen LogP contribution in [0.2, 0.25) is 0 Å². The summed E-state index contributed by atoms with van der Waals surface area (Å²) in [6, 6.07) is 14.5. The van der Waals surface area contributed by atoms with Crippen molar-refractivity contribution in [1.29, 1.82) is 5.26 Å². The summed E-state index contributed by atoms with van der Waals surface area (Å²) in [5.74, 6) is 0.888. The summed E-state index contributed by atoms with van der Waals surface area (Å²) < 4.78 is 10.3. The lowest BCUT2D eigenvalue weighted by Crippen LogP contribution is -1.86. The van der Waals surface area contributed by atoms with Crippen molar-refractivity contribution in [3.8, 4) is 29.0 Å². The second kappa shape index (κ2) is 6.89. The van der Waals surface area contributed by atoms with E-state index in [9.17, 15) is 10.4 Å². The van der Waals surface area contributed by atoms with E-state index >= 15 is 0 Å². The molecule has 0 amide bonds. The largest absolute Gasteiger partial charge is 0.504 e. The van der Waals surface area contributed by atoms with Crippen LogP contribution in [0.1, 0.15) is 17.0 Å². The van der Waals surface area contributed by atoms with Crippen molar-refractivity contribution in [2.75, 3.05) is 7.11 Å². The third kappa shape index (κ3) is 3.51. The van der Waals surface area contributed by atoms with Gasteiger partial charge in [-0.2, -0.15) is 10.2 Å². The first-order valence-corrected chi connectivity index (χ1v) is 7.50. The number of phenols is 1. The molecule has 6 heteroatoms. The fraction of sp³-hybridized carbons (Fsp3) is 0.105. The Labute approximate surface area is 144 Å². The number of phenolic OH excluding ortho intramolecular Hbond substituents is 1. The van der Waals surface area contributed by atoms with Gasteiger partial charge in [-0.15, -0.1) is 0 Å². The highest BCUT2D eigenvalue weighted by Crippen LogP contribution is 2.28. The van der Waals surface area contributed by atoms with Crippen LogP contribution >= 0.6 is 0 Å². The van der Waals surface area contributed by atoms with Gasteiger partial charge in [0, 0.05) is 5.56 Å². The van der Waals surface area contributed by atoms with Gasteiger partial charge in [0.15, 0.2) is 11.5 Å². The minimum absolute atomic E-state index is 0.0256. The average molecular weight is 333 g/mol. The molecule has 0 atom stereocenters. The van der Waals surface area contributed by atoms with Crippen molar-refractivity contribution in [1.82, 2.24) is 10.1 Å². The number of ether oxygens (including phenoxy) is 1. The predicted octanol–water partition coefficient (Wildman–Crippen LogP) is 3.82. The van der Waals surface area contributed by atoms with Crippen LogP contribution in [0.3, 0.4) is 0 Å². The zero-order valence-electron chi connectivity index (χ0n) is 13.7. The third-order valence-corrected chi connectivity index (χ3v) is 3.60. The summed E-state index contributed by atoms with van der Waals surface area (Å²) in [6.07, 6.45) is 1.59. The molecule has 0 spiro atoms. The van der Waals surface area contributed by atoms with Crippen LogP contribution in [-0.2, 0) is 0 Å². The highest BCUT2D eigenvalue weighted by Gasteiger charge is 2.13. The number of benzene rings is 2. The molecule has 0 fully saturated rings. The number of nitriles is 1. The van der Waals surface area contributed by atoms with Crippen molar-refractivity contribution < 1.29 is 14.4 Å². The number of allylic oxidation sites excluding steroid dienone is 1. The lowest BCUT2D eigenvalue weighted by Gasteiger charge is -2.03. The number of hydrogen-bond donors (Lipinski definition) is 1. The summed E-state index contributed by atoms with van der Waals surface area (Å²) in [7, 11) is 1.46. The zero-order valence-corrected chi connectivity index (χ0v) is 13.7. The van der Waals surface area contributed by atoms with Crippen LogP contribution in [0.4, 0.5) is 0 Å². The SMILES string of the molecule is COc1cc(C=C(C#N)c2nc(-c3ccc(C)cc3)no2)ccc1O. The smallest absolute Gasteiger partial charge is 0.268 e. The monoisotopic (exact) mass is 333 g/mol. The summed E-state index contributed by atoms with van der Waals surface area (Å²) in [5, 5.41) is 23.0. The fourth-order valence-corrected chi connectivity index (χ4v) is 2.25. The fourth-order valence-electron chi connectivity index (χ4n) is 2.25. The molecule has 0 aliphatic rings. The number of aromatic hydroxyl groups is 1. The van der Waals surface area contributed by atoms with E-state index in [1.165, 1.54) is 13.2 Å². The van der Waals surface area contributed by atoms with E-state index in [0.29, 0.717) is 17.1 Å². The molecule has 2 aromatic carbocycles. The quantitative estimate of drug-likeness (QED) is 0.730. The van der Waals surface area contributed by atoms with Gasteiger partial charge in [0.25, 0.3) is 5.89 Å². The van der Waals surface area contributed by atoms with Crippen LogP contribution in [0, 0.1) is 18.3 Å². The molecule has 0 saturated carbocycles. The second-order valence-corrected chi connectivity index (χ2v) is 5.39. The van der Waals surface area contributed by atoms with Gasteiger partial charge in [0.05, 0.1) is 7.11 Å². The molecule has 0 aliphatic carbocycles. The number of methoxy groups -OCH3 is 1. The number of aryl methyl sites for hydroxylation is 1. The van der Waals surface area contributed by atoms with Gasteiger partial charge < -0.3 is 14.4 Å². The second-order valence-electron chi connectivity index (χ2n) is 5.39. The van der Waals surface area contributed by atoms with E-state index in [1.54, 1.807) is 18.2 Å². The number of nitrogens with zero attached hydrogens (tertiary/aromatic N) is 3. The maximum Gasteiger partial charge on any atom is 0.268 e. The van der Waals surface area contributed by atoms with E-state index in [4.69, 9.17) is 9.26 Å². The maximum atomic E-state index is 9.64. The molecule has 0 radical (unpaired) electrons. The van der Waals surface area contributed by atoms with Crippen molar-refractivity contribution in [3.05, 3.63) is 59.5 Å². The van der Waals surface area contributed by atoms with Crippen LogP contribution in [0.5, 0.6) is 11.5 Å². The molecule has 6 nitrogen and oxygen atoms in total. The molecule has 3 aromatic rings. The highest BCUT2D eigenvalue weighted by atomic mass is 16.5. The molecule has 0 saturated heterocycles. The van der Waals surface area contributed by atoms with Crippen LogP contribution in [-0.4, -0.2) is 22.4 Å². The molecule has 3 rings (SSSR count). The van der Waals surface area contributed by atoms with Gasteiger partial charge in [-0.1, -0.05) is 41.1 Å². The Hall–Kier alpha value is -3.59. The Kier molecular flexibility index (Phi) is 4.48. The molecule has 1 heterocycles. The Morgan fingerprint density at radius 1 is 1.24 bits per heavy atom. The van der Waals surface area contributed by atoms with Crippen molar-refractivity contribution in [2.24, 2.45) is 0 Å². The number of rotatable bonds is 4. The van der Waals surface area contributed by atoms with Gasteiger partial charge in [0.2, 0.25) is 5.82 Å². The summed E-state index contributed by atoms with van der Waals surface area (Å²) in [5.41, 5.74) is 2.83. The van der Waals surface area contributed by atoms with E-state index in [2.05, 4.69) is 16.2 Å². The first kappa shape index (κ1) is 16.3. The lowest BCUT2D eigenvalue weighted by atomic mass is 10.1. The lowest BCUT2D eigenvalue weighted by molar-refractivity contribution is 0.373. The first-order chi connectivity index (χ1) is 12.1. The first-order valence-electron chi connectivity index (χ1n) is 7.50. The summed E-state index contributed by atoms with van der Waals surface area (Å²) in [6.45, 7) is 1.99. The Bertz CT molecular complexity index is 966. The maximum absolute atomic E-state index is 9.64. The zero-order chi connectivity index (χ0) is 17.8. The van der Waals surface area contributed by atoms with E-state index in [1.807, 2.05) is 31.2 Å². The predicted molar refractivity (Wildman–Crippen MR) is 92.6 cm³/mol. The normalized spacial score (nSPS) is 11.2. The Morgan fingerprint density at radius 3 is 2.68 bits per heavy atom. The van der Waals surface area contributed by atoms with Crippen LogP contribution in [0.15, 0.2) is 47.0 Å². The minimum Gasteiger partial charge on any atom is -0.504 e. The van der Waals surface area contributed by atoms with Gasteiger partial charge in [-0.25, -0.2) is 0 Å². The third-order valence-electron chi connectivity index (χ3n) is 3.60. The molecule has 124 valence electrons. The summed E-state index contributed by atoms with van der Waals surface area (Å²) in [4.78, 5) is 4.29. The minimum atomic E-state index is 0.0256. The molecular formula is C19H15N3O3. The van der Waals surface area contributed by atoms with Crippen molar-refractivity contribution >= 4 is 11.6 Å². The van der Waals surface area contributed by atoms with Gasteiger partial charge in [0.1, 0.15) is 11.6 Å². The van der Waals surface area contributed by atoms with Gasteiger partial charge in [-0.05, 0) is 30.7 Å². The standard InChI is InChI=1S/C19H15N3O3/c1-12-3-6-14(7-4-12)18-21-19(25-22-18)15(11-20)9-13-5-8-16(23)17(10-13)24-2/h3-10,23H,1-2H3. The summed E-state index contributed by atoms with van der Waals surface area (Å²) >= 11 is 0. The molecule has 0 aliphatic heterocycles. The molecule has 25 heavy (non-hydrogen) atoms. The average Bonchev–Trinajstić information content (AvgIpc) is 3.11. The molecular weight excluding hydrogens is 318 g/mol. The molecule has 1 aromatic heterocycles. The van der Waals surface area contributed by atoms with Gasteiger partial charge >= 0.3 is 0 Å². The van der Waals surface area contributed by atoms with Crippen molar-refractivity contribution in [2.45, 2.75) is 6.92 Å². The molecule has 0 bridgehead atoms. The number of aromatic nitrogens is 2. The van der Waals surface area contributed by atoms with E-state index in [-0.39, 0.29) is 17.2 Å². The van der Waals surface area contributed by atoms with E-state index < -0.39 is 0 Å². The van der Waals surface area contributed by atoms with E-state index in [0.717, 1.165) is 11.1 Å². The van der Waals surface area contributed by atoms with Gasteiger partial charge in [-0.3, -0.25) is 0 Å². The number of hydrogen-bond acceptors (Lipinski definition) is 6. The highest BCUT2D eigenvalue weighted by molar-refractivity contribution is 5.87. The topological polar surface area (TPSA) is 92.2 Å². The van der Waals surface area contributed by atoms with Crippen LogP contribution in [0.25, 0.3) is 23.0 Å². The van der Waals surface area contributed by atoms with Crippen LogP contribution < -0.4 is 4.74 Å². The Morgan fingerprint density at radius 2 is 2.00 bits per heavy atom. The van der Waals surface area contributed by atoms with Crippen molar-refractivity contribution in [3.63, 3.8) is 0 Å². The molecule has 1 N–H and O–H groups in total. The molecule has 0 unspecified atom stereocenters.